The van der Waals surface area contributed by atoms with E-state index in [1.807, 2.05) is 0 Å². The quantitative estimate of drug-likeness (QED) is 0.854. The van der Waals surface area contributed by atoms with Gasteiger partial charge in [0.1, 0.15) is 0 Å². The second-order valence-electron chi connectivity index (χ2n) is 3.95. The van der Waals surface area contributed by atoms with E-state index < -0.39 is 0 Å². The molecule has 0 saturated carbocycles. The summed E-state index contributed by atoms with van der Waals surface area (Å²) in [6.45, 7) is 4.57. The van der Waals surface area contributed by atoms with Crippen LogP contribution in [0.1, 0.15) is 24.8 Å². The van der Waals surface area contributed by atoms with Crippen molar-refractivity contribution < 1.29 is 0 Å². The molecule has 14 heavy (non-hydrogen) atoms. The largest absolute Gasteiger partial charge is 0.316 e. The molecule has 1 aromatic rings. The van der Waals surface area contributed by atoms with E-state index >= 15 is 0 Å². The summed E-state index contributed by atoms with van der Waals surface area (Å²) in [6, 6.07) is 8.59. The van der Waals surface area contributed by atoms with Gasteiger partial charge in [-0.2, -0.15) is 0 Å². The molecule has 1 nitrogen and oxygen atoms in total. The van der Waals surface area contributed by atoms with E-state index in [1.165, 1.54) is 23.0 Å². The molecule has 2 heteroatoms. The second-order valence-corrected chi connectivity index (χ2v) is 4.81. The first kappa shape index (κ1) is 10.2. The van der Waals surface area contributed by atoms with Crippen LogP contribution < -0.4 is 5.32 Å². The average molecular weight is 254 g/mol. The second kappa shape index (κ2) is 4.45. The van der Waals surface area contributed by atoms with Crippen molar-refractivity contribution in [3.63, 3.8) is 0 Å². The summed E-state index contributed by atoms with van der Waals surface area (Å²) in [6.07, 6.45) is 1.26. The highest BCUT2D eigenvalue weighted by atomic mass is 79.9. The third kappa shape index (κ3) is 1.86. The standard InChI is InChI=1S/C12H16BrN/c1-2-9-7-14-8-11(9)10-5-3-4-6-12(10)13/h3-6,9,11,14H,2,7-8H2,1H3/t9-,11+/m0/s1. The molecule has 0 amide bonds. The van der Waals surface area contributed by atoms with Crippen molar-refractivity contribution in [2.24, 2.45) is 5.92 Å². The summed E-state index contributed by atoms with van der Waals surface area (Å²) in [5, 5.41) is 3.48. The van der Waals surface area contributed by atoms with Gasteiger partial charge in [0.25, 0.3) is 0 Å². The Morgan fingerprint density at radius 3 is 2.86 bits per heavy atom. The minimum Gasteiger partial charge on any atom is -0.316 e. The molecule has 0 bridgehead atoms. The van der Waals surface area contributed by atoms with Gasteiger partial charge in [-0.3, -0.25) is 0 Å². The van der Waals surface area contributed by atoms with Crippen LogP contribution in [-0.4, -0.2) is 13.1 Å². The van der Waals surface area contributed by atoms with Crippen molar-refractivity contribution in [2.75, 3.05) is 13.1 Å². The topological polar surface area (TPSA) is 12.0 Å². The first-order valence-corrected chi connectivity index (χ1v) is 6.07. The van der Waals surface area contributed by atoms with Gasteiger partial charge >= 0.3 is 0 Å². The van der Waals surface area contributed by atoms with Gasteiger partial charge in [-0.15, -0.1) is 0 Å². The van der Waals surface area contributed by atoms with Crippen LogP contribution >= 0.6 is 15.9 Å². The predicted molar refractivity (Wildman–Crippen MR) is 63.5 cm³/mol. The summed E-state index contributed by atoms with van der Waals surface area (Å²) in [5.41, 5.74) is 1.46. The summed E-state index contributed by atoms with van der Waals surface area (Å²) >= 11 is 3.64. The zero-order valence-electron chi connectivity index (χ0n) is 8.46. The fourth-order valence-corrected chi connectivity index (χ4v) is 2.88. The molecule has 76 valence electrons. The van der Waals surface area contributed by atoms with Gasteiger partial charge in [0.2, 0.25) is 0 Å². The Labute approximate surface area is 94.0 Å². The van der Waals surface area contributed by atoms with Gasteiger partial charge in [-0.25, -0.2) is 0 Å². The zero-order valence-corrected chi connectivity index (χ0v) is 10.0. The molecule has 0 aliphatic carbocycles. The van der Waals surface area contributed by atoms with Crippen LogP contribution in [0.3, 0.4) is 0 Å². The molecule has 0 spiro atoms. The van der Waals surface area contributed by atoms with Gasteiger partial charge in [-0.05, 0) is 24.1 Å². The fraction of sp³-hybridized carbons (Fsp3) is 0.500. The lowest BCUT2D eigenvalue weighted by Gasteiger charge is -2.18. The molecule has 1 fully saturated rings. The summed E-state index contributed by atoms with van der Waals surface area (Å²) in [5.74, 6) is 1.49. The Morgan fingerprint density at radius 2 is 2.14 bits per heavy atom. The number of hydrogen-bond donors (Lipinski definition) is 1. The Balaban J connectivity index is 2.26. The molecule has 2 atom stereocenters. The lowest BCUT2D eigenvalue weighted by Crippen LogP contribution is -2.09. The van der Waals surface area contributed by atoms with Crippen molar-refractivity contribution in [3.8, 4) is 0 Å². The Hall–Kier alpha value is -0.340. The van der Waals surface area contributed by atoms with Crippen molar-refractivity contribution in [3.05, 3.63) is 34.3 Å². The monoisotopic (exact) mass is 253 g/mol. The number of halogens is 1. The molecular formula is C12H16BrN. The molecule has 0 unspecified atom stereocenters. The Bertz CT molecular complexity index is 311. The maximum atomic E-state index is 3.64. The highest BCUT2D eigenvalue weighted by Gasteiger charge is 2.27. The van der Waals surface area contributed by atoms with Crippen LogP contribution in [0.25, 0.3) is 0 Å². The van der Waals surface area contributed by atoms with E-state index in [4.69, 9.17) is 0 Å². The van der Waals surface area contributed by atoms with Crippen LogP contribution in [0.5, 0.6) is 0 Å². The highest BCUT2D eigenvalue weighted by molar-refractivity contribution is 9.10. The number of hydrogen-bond acceptors (Lipinski definition) is 1. The van der Waals surface area contributed by atoms with Crippen LogP contribution in [0.2, 0.25) is 0 Å². The molecule has 2 rings (SSSR count). The molecule has 1 aliphatic rings. The molecule has 1 heterocycles. The molecule has 1 N–H and O–H groups in total. The summed E-state index contributed by atoms with van der Waals surface area (Å²) in [4.78, 5) is 0. The van der Waals surface area contributed by atoms with E-state index in [0.29, 0.717) is 5.92 Å². The third-order valence-electron chi connectivity index (χ3n) is 3.17. The van der Waals surface area contributed by atoms with Crippen LogP contribution in [0.4, 0.5) is 0 Å². The van der Waals surface area contributed by atoms with Crippen molar-refractivity contribution in [2.45, 2.75) is 19.3 Å². The van der Waals surface area contributed by atoms with Gasteiger partial charge in [-0.1, -0.05) is 47.5 Å². The molecule has 0 aromatic heterocycles. The van der Waals surface area contributed by atoms with Gasteiger partial charge in [0.15, 0.2) is 0 Å². The Morgan fingerprint density at radius 1 is 1.36 bits per heavy atom. The molecular weight excluding hydrogens is 238 g/mol. The third-order valence-corrected chi connectivity index (χ3v) is 3.89. The van der Waals surface area contributed by atoms with Crippen LogP contribution in [0, 0.1) is 5.92 Å². The van der Waals surface area contributed by atoms with Crippen LogP contribution in [0.15, 0.2) is 28.7 Å². The lowest BCUT2D eigenvalue weighted by atomic mass is 9.87. The van der Waals surface area contributed by atoms with E-state index in [2.05, 4.69) is 52.4 Å². The van der Waals surface area contributed by atoms with Crippen LogP contribution in [-0.2, 0) is 0 Å². The van der Waals surface area contributed by atoms with E-state index in [9.17, 15) is 0 Å². The maximum absolute atomic E-state index is 3.64. The first-order chi connectivity index (χ1) is 6.83. The fourth-order valence-electron chi connectivity index (χ4n) is 2.30. The minimum atomic E-state index is 0.690. The van der Waals surface area contributed by atoms with E-state index in [-0.39, 0.29) is 0 Å². The predicted octanol–water partition coefficient (Wildman–Crippen LogP) is 3.16. The van der Waals surface area contributed by atoms with E-state index in [0.717, 1.165) is 12.5 Å². The zero-order chi connectivity index (χ0) is 9.97. The number of benzene rings is 1. The Kier molecular flexibility index (Phi) is 3.24. The molecule has 1 aromatic carbocycles. The van der Waals surface area contributed by atoms with Crippen molar-refractivity contribution in [1.82, 2.24) is 5.32 Å². The summed E-state index contributed by atoms with van der Waals surface area (Å²) in [7, 11) is 0. The maximum Gasteiger partial charge on any atom is 0.0210 e. The molecule has 0 radical (unpaired) electrons. The van der Waals surface area contributed by atoms with E-state index in [1.54, 1.807) is 0 Å². The average Bonchev–Trinajstić information content (AvgIpc) is 2.66. The molecule has 1 aliphatic heterocycles. The summed E-state index contributed by atoms with van der Waals surface area (Å²) < 4.78 is 1.26. The highest BCUT2D eigenvalue weighted by Crippen LogP contribution is 2.34. The van der Waals surface area contributed by atoms with Gasteiger partial charge in [0, 0.05) is 16.9 Å². The lowest BCUT2D eigenvalue weighted by molar-refractivity contribution is 0.501. The van der Waals surface area contributed by atoms with Gasteiger partial charge < -0.3 is 5.32 Å². The van der Waals surface area contributed by atoms with Crippen molar-refractivity contribution >= 4 is 15.9 Å². The number of nitrogens with one attached hydrogen (secondary N) is 1. The van der Waals surface area contributed by atoms with Crippen molar-refractivity contribution in [1.29, 1.82) is 0 Å². The normalized spacial score (nSPS) is 26.7. The smallest absolute Gasteiger partial charge is 0.0210 e. The number of rotatable bonds is 2. The van der Waals surface area contributed by atoms with Gasteiger partial charge in [0.05, 0.1) is 0 Å². The SMILES string of the molecule is CC[C@H]1CNC[C@H]1c1ccccc1Br. The first-order valence-electron chi connectivity index (χ1n) is 5.28. The minimum absolute atomic E-state index is 0.690. The molecule has 1 saturated heterocycles.